The standard InChI is InChI=1S/C14H16Cl2N4/c15-11-6-5-10(8-12(11)16)9-17-14-19-18-13-4-2-1-3-7-20(13)14/h5-6,8H,1-4,7,9H2,(H,17,19). The molecule has 0 saturated heterocycles. The van der Waals surface area contributed by atoms with Gasteiger partial charge in [-0.25, -0.2) is 0 Å². The molecule has 0 radical (unpaired) electrons. The first kappa shape index (κ1) is 13.7. The zero-order valence-corrected chi connectivity index (χ0v) is 12.6. The summed E-state index contributed by atoms with van der Waals surface area (Å²) in [5, 5.41) is 13.0. The molecule has 0 spiro atoms. The molecule has 0 amide bonds. The smallest absolute Gasteiger partial charge is 0.224 e. The zero-order chi connectivity index (χ0) is 13.9. The molecule has 0 atom stereocenters. The normalized spacial score (nSPS) is 14.7. The number of anilines is 1. The van der Waals surface area contributed by atoms with Crippen LogP contribution in [0.3, 0.4) is 0 Å². The quantitative estimate of drug-likeness (QED) is 0.934. The topological polar surface area (TPSA) is 42.7 Å². The van der Waals surface area contributed by atoms with Gasteiger partial charge < -0.3 is 5.32 Å². The molecule has 106 valence electrons. The molecular formula is C14H16Cl2N4. The van der Waals surface area contributed by atoms with Crippen molar-refractivity contribution in [2.45, 2.75) is 38.8 Å². The summed E-state index contributed by atoms with van der Waals surface area (Å²) < 4.78 is 2.19. The highest BCUT2D eigenvalue weighted by Crippen LogP contribution is 2.23. The van der Waals surface area contributed by atoms with E-state index >= 15 is 0 Å². The minimum Gasteiger partial charge on any atom is -0.350 e. The minimum absolute atomic E-state index is 0.575. The van der Waals surface area contributed by atoms with Crippen molar-refractivity contribution < 1.29 is 0 Å². The van der Waals surface area contributed by atoms with Gasteiger partial charge in [0.1, 0.15) is 5.82 Å². The minimum atomic E-state index is 0.575. The molecule has 0 fully saturated rings. The maximum absolute atomic E-state index is 6.02. The van der Waals surface area contributed by atoms with E-state index in [1.54, 1.807) is 0 Å². The summed E-state index contributed by atoms with van der Waals surface area (Å²) >= 11 is 11.9. The maximum atomic E-state index is 6.02. The molecule has 3 rings (SSSR count). The predicted molar refractivity (Wildman–Crippen MR) is 81.4 cm³/mol. The number of rotatable bonds is 3. The molecule has 1 N–H and O–H groups in total. The van der Waals surface area contributed by atoms with E-state index in [1.165, 1.54) is 19.3 Å². The molecule has 20 heavy (non-hydrogen) atoms. The monoisotopic (exact) mass is 310 g/mol. The summed E-state index contributed by atoms with van der Waals surface area (Å²) in [6.45, 7) is 1.65. The van der Waals surface area contributed by atoms with E-state index in [-0.39, 0.29) is 0 Å². The van der Waals surface area contributed by atoms with Gasteiger partial charge in [0.25, 0.3) is 0 Å². The van der Waals surface area contributed by atoms with Gasteiger partial charge in [-0.2, -0.15) is 0 Å². The van der Waals surface area contributed by atoms with Gasteiger partial charge in [0.05, 0.1) is 10.0 Å². The van der Waals surface area contributed by atoms with Crippen LogP contribution in [0.5, 0.6) is 0 Å². The van der Waals surface area contributed by atoms with E-state index in [0.717, 1.165) is 30.3 Å². The van der Waals surface area contributed by atoms with Gasteiger partial charge >= 0.3 is 0 Å². The largest absolute Gasteiger partial charge is 0.350 e. The Bertz CT molecular complexity index is 609. The predicted octanol–water partition coefficient (Wildman–Crippen LogP) is 3.92. The molecule has 0 unspecified atom stereocenters. The number of hydrogen-bond acceptors (Lipinski definition) is 3. The Morgan fingerprint density at radius 3 is 2.85 bits per heavy atom. The fourth-order valence-electron chi connectivity index (χ4n) is 2.45. The lowest BCUT2D eigenvalue weighted by Gasteiger charge is -2.09. The Hall–Kier alpha value is -1.26. The molecule has 1 aromatic carbocycles. The van der Waals surface area contributed by atoms with Crippen molar-refractivity contribution in [1.82, 2.24) is 14.8 Å². The van der Waals surface area contributed by atoms with Crippen molar-refractivity contribution >= 4 is 29.2 Å². The van der Waals surface area contributed by atoms with Gasteiger partial charge in [0.2, 0.25) is 5.95 Å². The molecule has 1 aliphatic rings. The Kier molecular flexibility index (Phi) is 4.13. The van der Waals surface area contributed by atoms with E-state index in [4.69, 9.17) is 23.2 Å². The van der Waals surface area contributed by atoms with Crippen LogP contribution >= 0.6 is 23.2 Å². The number of aromatic nitrogens is 3. The Morgan fingerprint density at radius 2 is 2.00 bits per heavy atom. The summed E-state index contributed by atoms with van der Waals surface area (Å²) in [5.74, 6) is 1.92. The number of halogens is 2. The van der Waals surface area contributed by atoms with Crippen molar-refractivity contribution in [2.75, 3.05) is 5.32 Å². The third-order valence-corrected chi connectivity index (χ3v) is 4.28. The van der Waals surface area contributed by atoms with Crippen LogP contribution in [-0.4, -0.2) is 14.8 Å². The molecular weight excluding hydrogens is 295 g/mol. The van der Waals surface area contributed by atoms with Gasteiger partial charge in [0.15, 0.2) is 0 Å². The molecule has 1 aliphatic heterocycles. The molecule has 2 aromatic rings. The van der Waals surface area contributed by atoms with Crippen LogP contribution in [0.2, 0.25) is 10.0 Å². The number of fused-ring (bicyclic) bond motifs is 1. The number of aryl methyl sites for hydroxylation is 1. The second kappa shape index (κ2) is 6.02. The van der Waals surface area contributed by atoms with E-state index in [1.807, 2.05) is 18.2 Å². The van der Waals surface area contributed by atoms with E-state index in [2.05, 4.69) is 20.1 Å². The Balaban J connectivity index is 1.72. The van der Waals surface area contributed by atoms with Crippen LogP contribution in [0.1, 0.15) is 30.7 Å². The Labute approximate surface area is 128 Å². The van der Waals surface area contributed by atoms with Gasteiger partial charge in [-0.3, -0.25) is 4.57 Å². The van der Waals surface area contributed by atoms with Crippen LogP contribution in [0.25, 0.3) is 0 Å². The SMILES string of the molecule is Clc1ccc(CNc2nnc3n2CCCCC3)cc1Cl. The first-order valence-corrected chi connectivity index (χ1v) is 7.59. The lowest BCUT2D eigenvalue weighted by atomic mass is 10.2. The van der Waals surface area contributed by atoms with Crippen LogP contribution in [-0.2, 0) is 19.5 Å². The fraction of sp³-hybridized carbons (Fsp3) is 0.429. The first-order chi connectivity index (χ1) is 9.74. The third kappa shape index (κ3) is 2.91. The van der Waals surface area contributed by atoms with Gasteiger partial charge in [-0.15, -0.1) is 10.2 Å². The highest BCUT2D eigenvalue weighted by Gasteiger charge is 2.14. The number of nitrogens with one attached hydrogen (secondary N) is 1. The average Bonchev–Trinajstić information content (AvgIpc) is 2.68. The van der Waals surface area contributed by atoms with E-state index in [0.29, 0.717) is 16.6 Å². The average molecular weight is 311 g/mol. The highest BCUT2D eigenvalue weighted by atomic mass is 35.5. The number of nitrogens with zero attached hydrogens (tertiary/aromatic N) is 3. The molecule has 2 heterocycles. The molecule has 1 aromatic heterocycles. The Morgan fingerprint density at radius 1 is 1.10 bits per heavy atom. The van der Waals surface area contributed by atoms with Crippen LogP contribution < -0.4 is 5.32 Å². The first-order valence-electron chi connectivity index (χ1n) is 6.84. The summed E-state index contributed by atoms with van der Waals surface area (Å²) in [6.07, 6.45) is 4.66. The molecule has 6 heteroatoms. The van der Waals surface area contributed by atoms with E-state index < -0.39 is 0 Å². The van der Waals surface area contributed by atoms with Crippen LogP contribution in [0.15, 0.2) is 18.2 Å². The van der Waals surface area contributed by atoms with E-state index in [9.17, 15) is 0 Å². The second-order valence-electron chi connectivity index (χ2n) is 5.00. The van der Waals surface area contributed by atoms with Crippen molar-refractivity contribution in [3.8, 4) is 0 Å². The third-order valence-electron chi connectivity index (χ3n) is 3.54. The summed E-state index contributed by atoms with van der Waals surface area (Å²) in [4.78, 5) is 0. The van der Waals surface area contributed by atoms with Crippen molar-refractivity contribution in [3.05, 3.63) is 39.6 Å². The second-order valence-corrected chi connectivity index (χ2v) is 5.82. The molecule has 0 bridgehead atoms. The lowest BCUT2D eigenvalue weighted by Crippen LogP contribution is -2.09. The number of benzene rings is 1. The molecule has 4 nitrogen and oxygen atoms in total. The van der Waals surface area contributed by atoms with Crippen molar-refractivity contribution in [2.24, 2.45) is 0 Å². The van der Waals surface area contributed by atoms with Crippen LogP contribution in [0, 0.1) is 0 Å². The maximum Gasteiger partial charge on any atom is 0.224 e. The fourth-order valence-corrected chi connectivity index (χ4v) is 2.77. The van der Waals surface area contributed by atoms with Crippen LogP contribution in [0.4, 0.5) is 5.95 Å². The highest BCUT2D eigenvalue weighted by molar-refractivity contribution is 6.42. The number of hydrogen-bond donors (Lipinski definition) is 1. The van der Waals surface area contributed by atoms with Crippen molar-refractivity contribution in [3.63, 3.8) is 0 Å². The van der Waals surface area contributed by atoms with Gasteiger partial charge in [-0.1, -0.05) is 35.7 Å². The summed E-state index contributed by atoms with van der Waals surface area (Å²) in [7, 11) is 0. The summed E-state index contributed by atoms with van der Waals surface area (Å²) in [5.41, 5.74) is 1.07. The zero-order valence-electron chi connectivity index (χ0n) is 11.1. The van der Waals surface area contributed by atoms with Gasteiger partial charge in [-0.05, 0) is 30.5 Å². The summed E-state index contributed by atoms with van der Waals surface area (Å²) in [6, 6.07) is 5.64. The van der Waals surface area contributed by atoms with Crippen molar-refractivity contribution in [1.29, 1.82) is 0 Å². The lowest BCUT2D eigenvalue weighted by molar-refractivity contribution is 0.635. The van der Waals surface area contributed by atoms with Gasteiger partial charge in [0, 0.05) is 19.5 Å². The molecule has 0 aliphatic carbocycles. The molecule has 0 saturated carbocycles.